The molecular formula is C30H40N2O4. The van der Waals surface area contributed by atoms with Gasteiger partial charge in [-0.2, -0.15) is 0 Å². The number of aromatic amines is 1. The second kappa shape index (κ2) is 9.55. The Hall–Kier alpha value is -2.28. The smallest absolute Gasteiger partial charge is 0.198 e. The van der Waals surface area contributed by atoms with Gasteiger partial charge in [0.25, 0.3) is 0 Å². The number of ketones is 1. The molecule has 2 bridgehead atoms. The lowest BCUT2D eigenvalue weighted by atomic mass is 9.75. The van der Waals surface area contributed by atoms with Crippen LogP contribution in [0.5, 0.6) is 0 Å². The summed E-state index contributed by atoms with van der Waals surface area (Å²) < 4.78 is 6.27. The Morgan fingerprint density at radius 2 is 1.86 bits per heavy atom. The molecule has 0 amide bonds. The number of hydrogen-bond acceptors (Lipinski definition) is 5. The van der Waals surface area contributed by atoms with Gasteiger partial charge in [0.1, 0.15) is 0 Å². The number of fused-ring (bicyclic) bond motifs is 2. The average Bonchev–Trinajstić information content (AvgIpc) is 3.43. The zero-order valence-electron chi connectivity index (χ0n) is 21.9. The lowest BCUT2D eigenvalue weighted by Gasteiger charge is -2.43. The number of aryl methyl sites for hydroxylation is 2. The van der Waals surface area contributed by atoms with Crippen molar-refractivity contribution >= 4 is 11.4 Å². The Kier molecular flexibility index (Phi) is 6.73. The summed E-state index contributed by atoms with van der Waals surface area (Å²) in [6.45, 7) is 6.53. The molecule has 3 atom stereocenters. The lowest BCUT2D eigenvalue weighted by molar-refractivity contribution is -0.177. The molecule has 2 aromatic rings. The molecule has 36 heavy (non-hydrogen) atoms. The molecule has 0 spiro atoms. The van der Waals surface area contributed by atoms with E-state index in [0.717, 1.165) is 50.6 Å². The SMILES string of the molecule is Cc1cnc(C(=O)CCc2ccc(C3C[C@]4(CO)CC[C@](CO)(C3)O4)cc2C2=CCC(C)(C)CC2)[nH]1. The Morgan fingerprint density at radius 3 is 2.44 bits per heavy atom. The van der Waals surface area contributed by atoms with Crippen molar-refractivity contribution in [1.82, 2.24) is 9.97 Å². The molecule has 6 nitrogen and oxygen atoms in total. The number of rotatable bonds is 8. The number of allylic oxidation sites excluding steroid dienone is 2. The molecule has 3 N–H and O–H groups in total. The summed E-state index contributed by atoms with van der Waals surface area (Å²) in [6.07, 6.45) is 11.5. The van der Waals surface area contributed by atoms with Crippen molar-refractivity contribution in [1.29, 1.82) is 0 Å². The third-order valence-corrected chi connectivity index (χ3v) is 8.79. The number of nitrogens with zero attached hydrogens (tertiary/aromatic N) is 1. The predicted octanol–water partition coefficient (Wildman–Crippen LogP) is 5.28. The molecule has 1 aliphatic carbocycles. The van der Waals surface area contributed by atoms with Crippen LogP contribution in [-0.4, -0.2) is 50.4 Å². The van der Waals surface area contributed by atoms with Crippen molar-refractivity contribution in [3.8, 4) is 0 Å². The number of carbonyl (C=O) groups is 1. The van der Waals surface area contributed by atoms with E-state index >= 15 is 0 Å². The first-order valence-electron chi connectivity index (χ1n) is 13.4. The van der Waals surface area contributed by atoms with Gasteiger partial charge in [-0.15, -0.1) is 0 Å². The van der Waals surface area contributed by atoms with E-state index in [-0.39, 0.29) is 24.9 Å². The second-order valence-corrected chi connectivity index (χ2v) is 12.2. The highest BCUT2D eigenvalue weighted by molar-refractivity contribution is 5.92. The van der Waals surface area contributed by atoms with E-state index in [1.54, 1.807) is 6.20 Å². The fourth-order valence-electron chi connectivity index (χ4n) is 6.47. The molecule has 3 heterocycles. The fraction of sp³-hybridized carbons (Fsp3) is 0.600. The van der Waals surface area contributed by atoms with E-state index in [1.165, 1.54) is 22.3 Å². The van der Waals surface area contributed by atoms with E-state index in [0.29, 0.717) is 24.1 Å². The lowest BCUT2D eigenvalue weighted by Crippen LogP contribution is -2.47. The molecule has 3 aliphatic rings. The third kappa shape index (κ3) is 4.96. The third-order valence-electron chi connectivity index (χ3n) is 8.79. The average molecular weight is 493 g/mol. The van der Waals surface area contributed by atoms with Crippen LogP contribution in [0.2, 0.25) is 0 Å². The first-order chi connectivity index (χ1) is 17.2. The summed E-state index contributed by atoms with van der Waals surface area (Å²) in [7, 11) is 0. The Labute approximate surface area is 214 Å². The summed E-state index contributed by atoms with van der Waals surface area (Å²) in [5, 5.41) is 20.3. The van der Waals surface area contributed by atoms with Crippen LogP contribution in [0.3, 0.4) is 0 Å². The van der Waals surface area contributed by atoms with E-state index in [1.807, 2.05) is 6.92 Å². The fourth-order valence-corrected chi connectivity index (χ4v) is 6.47. The molecule has 2 saturated heterocycles. The van der Waals surface area contributed by atoms with Gasteiger partial charge in [0.05, 0.1) is 24.4 Å². The number of nitrogens with one attached hydrogen (secondary N) is 1. The molecule has 1 aromatic carbocycles. The van der Waals surface area contributed by atoms with Crippen LogP contribution in [0.1, 0.15) is 104 Å². The van der Waals surface area contributed by atoms with Gasteiger partial charge in [0.2, 0.25) is 0 Å². The Balaban J connectivity index is 1.44. The van der Waals surface area contributed by atoms with E-state index in [2.05, 4.69) is 48.1 Å². The number of aliphatic hydroxyl groups excluding tert-OH is 2. The van der Waals surface area contributed by atoms with Crippen LogP contribution in [0.15, 0.2) is 30.5 Å². The Bertz CT molecular complexity index is 1150. The van der Waals surface area contributed by atoms with Crippen LogP contribution in [0.4, 0.5) is 0 Å². The van der Waals surface area contributed by atoms with Crippen LogP contribution in [0.25, 0.3) is 5.57 Å². The summed E-state index contributed by atoms with van der Waals surface area (Å²) >= 11 is 0. The number of imidazole rings is 1. The monoisotopic (exact) mass is 492 g/mol. The highest BCUT2D eigenvalue weighted by atomic mass is 16.6. The summed E-state index contributed by atoms with van der Waals surface area (Å²) in [4.78, 5) is 20.0. The largest absolute Gasteiger partial charge is 0.393 e. The standard InChI is InChI=1S/C30H40N2O4/c1-20-17-31-27(32-20)26(35)7-6-21-4-5-23(14-25(21)22-8-10-28(2,3)11-9-22)24-15-29(18-33)12-13-30(16-24,19-34)36-29/h4-5,8,14,17,24,33-34H,6-7,9-13,15-16,18-19H2,1-3H3,(H,31,32)/t24?,29-,30+. The highest BCUT2D eigenvalue weighted by Crippen LogP contribution is 2.53. The quantitative estimate of drug-likeness (QED) is 0.436. The molecular weight excluding hydrogens is 452 g/mol. The van der Waals surface area contributed by atoms with E-state index in [4.69, 9.17) is 4.74 Å². The van der Waals surface area contributed by atoms with Gasteiger partial charge in [-0.25, -0.2) is 4.98 Å². The van der Waals surface area contributed by atoms with Crippen molar-refractivity contribution < 1.29 is 19.7 Å². The Morgan fingerprint density at radius 1 is 1.14 bits per heavy atom. The van der Waals surface area contributed by atoms with Crippen molar-refractivity contribution in [2.75, 3.05) is 13.2 Å². The number of H-pyrrole nitrogens is 1. The molecule has 1 aromatic heterocycles. The van der Waals surface area contributed by atoms with Gasteiger partial charge >= 0.3 is 0 Å². The van der Waals surface area contributed by atoms with Crippen molar-refractivity contribution in [2.24, 2.45) is 5.41 Å². The molecule has 0 radical (unpaired) electrons. The van der Waals surface area contributed by atoms with Crippen molar-refractivity contribution in [3.05, 3.63) is 58.7 Å². The maximum atomic E-state index is 12.8. The number of aromatic nitrogens is 2. The summed E-state index contributed by atoms with van der Waals surface area (Å²) in [6, 6.07) is 6.71. The molecule has 5 rings (SSSR count). The zero-order valence-corrected chi connectivity index (χ0v) is 21.9. The van der Waals surface area contributed by atoms with Crippen LogP contribution in [-0.2, 0) is 11.2 Å². The van der Waals surface area contributed by atoms with E-state index in [9.17, 15) is 15.0 Å². The highest BCUT2D eigenvalue weighted by Gasteiger charge is 2.54. The number of hydrogen-bond donors (Lipinski definition) is 3. The number of aliphatic hydroxyl groups is 2. The van der Waals surface area contributed by atoms with Crippen LogP contribution < -0.4 is 0 Å². The molecule has 2 aliphatic heterocycles. The maximum Gasteiger partial charge on any atom is 0.198 e. The number of Topliss-reactive ketones (excluding diaryl/α,β-unsaturated/α-hetero) is 1. The number of benzene rings is 1. The maximum absolute atomic E-state index is 12.8. The molecule has 0 saturated carbocycles. The number of carbonyl (C=O) groups excluding carboxylic acids is 1. The van der Waals surface area contributed by atoms with Gasteiger partial charge in [0, 0.05) is 18.3 Å². The topological polar surface area (TPSA) is 95.4 Å². The predicted molar refractivity (Wildman–Crippen MR) is 140 cm³/mol. The first-order valence-corrected chi connectivity index (χ1v) is 13.4. The van der Waals surface area contributed by atoms with Crippen molar-refractivity contribution in [3.63, 3.8) is 0 Å². The molecule has 2 fully saturated rings. The van der Waals surface area contributed by atoms with Gasteiger partial charge in [0.15, 0.2) is 11.6 Å². The van der Waals surface area contributed by atoms with Crippen LogP contribution in [0, 0.1) is 12.3 Å². The number of ether oxygens (including phenoxy) is 1. The normalized spacial score (nSPS) is 29.2. The summed E-state index contributed by atoms with van der Waals surface area (Å²) in [5.74, 6) is 0.694. The minimum Gasteiger partial charge on any atom is -0.393 e. The molecule has 1 unspecified atom stereocenters. The first kappa shape index (κ1) is 25.4. The van der Waals surface area contributed by atoms with Gasteiger partial charge in [-0.1, -0.05) is 38.1 Å². The molecule has 6 heteroatoms. The van der Waals surface area contributed by atoms with Crippen LogP contribution >= 0.6 is 0 Å². The second-order valence-electron chi connectivity index (χ2n) is 12.2. The van der Waals surface area contributed by atoms with Gasteiger partial charge in [-0.05, 0) is 91.9 Å². The zero-order chi connectivity index (χ0) is 25.6. The minimum absolute atomic E-state index is 0.00914. The van der Waals surface area contributed by atoms with Gasteiger partial charge in [-0.3, -0.25) is 4.79 Å². The van der Waals surface area contributed by atoms with E-state index < -0.39 is 11.2 Å². The summed E-state index contributed by atoms with van der Waals surface area (Å²) in [5.41, 5.74) is 5.18. The van der Waals surface area contributed by atoms with Crippen molar-refractivity contribution in [2.45, 2.75) is 95.7 Å². The minimum atomic E-state index is -0.549. The van der Waals surface area contributed by atoms with Gasteiger partial charge < -0.3 is 19.9 Å². The molecule has 194 valence electrons.